The molecule has 0 bridgehead atoms. The van der Waals surface area contributed by atoms with Crippen molar-refractivity contribution in [2.24, 2.45) is 5.92 Å². The first-order valence-corrected chi connectivity index (χ1v) is 7.48. The quantitative estimate of drug-likeness (QED) is 0.774. The van der Waals surface area contributed by atoms with E-state index in [0.717, 1.165) is 17.5 Å². The average molecular weight is 293 g/mol. The number of carboxylic acids is 1. The molecule has 0 radical (unpaired) electrons. The van der Waals surface area contributed by atoms with E-state index < -0.39 is 5.97 Å². The summed E-state index contributed by atoms with van der Waals surface area (Å²) in [7, 11) is 0. The molecule has 2 aromatic carbocycles. The van der Waals surface area contributed by atoms with E-state index in [0.29, 0.717) is 6.42 Å². The molecule has 1 heterocycles. The molecule has 0 aliphatic heterocycles. The van der Waals surface area contributed by atoms with Crippen LogP contribution in [0.4, 0.5) is 0 Å². The van der Waals surface area contributed by atoms with Crippen molar-refractivity contribution in [3.8, 4) is 0 Å². The highest BCUT2D eigenvalue weighted by molar-refractivity contribution is 5.81. The van der Waals surface area contributed by atoms with Crippen LogP contribution in [-0.2, 0) is 17.8 Å². The summed E-state index contributed by atoms with van der Waals surface area (Å²) in [6, 6.07) is 18.7. The van der Waals surface area contributed by atoms with Crippen LogP contribution in [0.5, 0.6) is 0 Å². The molecule has 0 spiro atoms. The Morgan fingerprint density at radius 2 is 1.86 bits per heavy atom. The summed E-state index contributed by atoms with van der Waals surface area (Å²) in [4.78, 5) is 11.0. The van der Waals surface area contributed by atoms with E-state index in [9.17, 15) is 4.79 Å². The highest BCUT2D eigenvalue weighted by Gasteiger charge is 2.12. The maximum atomic E-state index is 11.0. The molecule has 22 heavy (non-hydrogen) atoms. The molecule has 3 nitrogen and oxygen atoms in total. The molecule has 0 aliphatic rings. The fourth-order valence-electron chi connectivity index (χ4n) is 2.74. The van der Waals surface area contributed by atoms with Gasteiger partial charge in [0, 0.05) is 18.3 Å². The van der Waals surface area contributed by atoms with Crippen LogP contribution in [0, 0.1) is 5.92 Å². The number of hydrogen-bond donors (Lipinski definition) is 1. The minimum atomic E-state index is -0.748. The predicted molar refractivity (Wildman–Crippen MR) is 88.0 cm³/mol. The van der Waals surface area contributed by atoms with Gasteiger partial charge in [0.1, 0.15) is 0 Å². The topological polar surface area (TPSA) is 42.2 Å². The first-order chi connectivity index (χ1) is 10.6. The summed E-state index contributed by atoms with van der Waals surface area (Å²) in [5.74, 6) is -1.11. The average Bonchev–Trinajstić information content (AvgIpc) is 2.90. The number of nitrogens with zero attached hydrogens (tertiary/aromatic N) is 1. The summed E-state index contributed by atoms with van der Waals surface area (Å²) in [6.45, 7) is 2.59. The molecule has 0 aliphatic carbocycles. The maximum absolute atomic E-state index is 11.0. The number of carbonyl (C=O) groups is 1. The zero-order valence-electron chi connectivity index (χ0n) is 12.6. The molecule has 0 saturated heterocycles. The lowest BCUT2D eigenvalue weighted by Crippen LogP contribution is -2.12. The van der Waals surface area contributed by atoms with Gasteiger partial charge in [-0.05, 0) is 41.1 Å². The van der Waals surface area contributed by atoms with E-state index in [1.54, 1.807) is 6.92 Å². The zero-order chi connectivity index (χ0) is 15.5. The van der Waals surface area contributed by atoms with E-state index in [1.165, 1.54) is 11.1 Å². The minimum absolute atomic E-state index is 0.358. The third kappa shape index (κ3) is 3.03. The van der Waals surface area contributed by atoms with Gasteiger partial charge in [-0.1, -0.05) is 43.3 Å². The number of hydrogen-bond acceptors (Lipinski definition) is 1. The van der Waals surface area contributed by atoms with Crippen molar-refractivity contribution in [1.82, 2.24) is 4.57 Å². The predicted octanol–water partition coefficient (Wildman–Crippen LogP) is 3.95. The largest absolute Gasteiger partial charge is 0.481 e. The summed E-state index contributed by atoms with van der Waals surface area (Å²) in [5, 5.41) is 10.2. The maximum Gasteiger partial charge on any atom is 0.306 e. The van der Waals surface area contributed by atoms with E-state index in [1.807, 2.05) is 24.3 Å². The van der Waals surface area contributed by atoms with Crippen LogP contribution >= 0.6 is 0 Å². The minimum Gasteiger partial charge on any atom is -0.481 e. The van der Waals surface area contributed by atoms with E-state index in [2.05, 4.69) is 41.1 Å². The van der Waals surface area contributed by atoms with E-state index in [4.69, 9.17) is 5.11 Å². The number of rotatable bonds is 5. The Labute approximate surface area is 129 Å². The third-order valence-electron chi connectivity index (χ3n) is 3.99. The first kappa shape index (κ1) is 14.4. The zero-order valence-corrected chi connectivity index (χ0v) is 12.6. The van der Waals surface area contributed by atoms with Gasteiger partial charge in [-0.2, -0.15) is 0 Å². The van der Waals surface area contributed by atoms with Gasteiger partial charge in [0.25, 0.3) is 0 Å². The second-order valence-corrected chi connectivity index (χ2v) is 5.77. The van der Waals surface area contributed by atoms with Gasteiger partial charge in [-0.25, -0.2) is 0 Å². The van der Waals surface area contributed by atoms with Gasteiger partial charge < -0.3 is 9.67 Å². The van der Waals surface area contributed by atoms with Crippen LogP contribution in [0.2, 0.25) is 0 Å². The fourth-order valence-corrected chi connectivity index (χ4v) is 2.74. The molecule has 3 aromatic rings. The van der Waals surface area contributed by atoms with Gasteiger partial charge in [0.2, 0.25) is 0 Å². The summed E-state index contributed by atoms with van der Waals surface area (Å²) in [6.07, 6.45) is 2.65. The number of aromatic nitrogens is 1. The Balaban J connectivity index is 1.85. The number of fused-ring (bicyclic) bond motifs is 1. The van der Waals surface area contributed by atoms with Crippen molar-refractivity contribution in [2.75, 3.05) is 0 Å². The van der Waals surface area contributed by atoms with Gasteiger partial charge in [0.15, 0.2) is 0 Å². The van der Waals surface area contributed by atoms with Crippen LogP contribution < -0.4 is 0 Å². The monoisotopic (exact) mass is 293 g/mol. The highest BCUT2D eigenvalue weighted by atomic mass is 16.4. The SMILES string of the molecule is CC(Cc1ccc2c(ccn2Cc2ccccc2)c1)C(=O)O. The van der Waals surface area contributed by atoms with Crippen molar-refractivity contribution in [3.63, 3.8) is 0 Å². The molecule has 1 aromatic heterocycles. The molecule has 112 valence electrons. The van der Waals surface area contributed by atoms with Crippen LogP contribution in [-0.4, -0.2) is 15.6 Å². The first-order valence-electron chi connectivity index (χ1n) is 7.48. The molecule has 3 heteroatoms. The van der Waals surface area contributed by atoms with Crippen LogP contribution in [0.1, 0.15) is 18.1 Å². The van der Waals surface area contributed by atoms with Crippen LogP contribution in [0.3, 0.4) is 0 Å². The Morgan fingerprint density at radius 1 is 1.09 bits per heavy atom. The van der Waals surface area contributed by atoms with Gasteiger partial charge in [-0.15, -0.1) is 0 Å². The molecular formula is C19H19NO2. The van der Waals surface area contributed by atoms with Gasteiger partial charge >= 0.3 is 5.97 Å². The Kier molecular flexibility index (Phi) is 3.96. The Morgan fingerprint density at radius 3 is 2.59 bits per heavy atom. The summed E-state index contributed by atoms with van der Waals surface area (Å²) < 4.78 is 2.22. The summed E-state index contributed by atoms with van der Waals surface area (Å²) >= 11 is 0. The van der Waals surface area contributed by atoms with Crippen molar-refractivity contribution >= 4 is 16.9 Å². The van der Waals surface area contributed by atoms with Crippen LogP contribution in [0.15, 0.2) is 60.8 Å². The third-order valence-corrected chi connectivity index (χ3v) is 3.99. The number of carboxylic acid groups (broad SMARTS) is 1. The smallest absolute Gasteiger partial charge is 0.306 e. The lowest BCUT2D eigenvalue weighted by molar-refractivity contribution is -0.141. The fraction of sp³-hybridized carbons (Fsp3) is 0.211. The van der Waals surface area contributed by atoms with Gasteiger partial charge in [0.05, 0.1) is 5.92 Å². The molecule has 0 amide bonds. The summed E-state index contributed by atoms with van der Waals surface area (Å²) in [5.41, 5.74) is 3.51. The van der Waals surface area contributed by atoms with Crippen molar-refractivity contribution in [1.29, 1.82) is 0 Å². The normalized spacial score (nSPS) is 12.4. The van der Waals surface area contributed by atoms with Crippen molar-refractivity contribution in [3.05, 3.63) is 71.9 Å². The standard InChI is InChI=1S/C19H19NO2/c1-14(19(21)22)11-16-7-8-18-17(12-16)9-10-20(18)13-15-5-3-2-4-6-15/h2-10,12,14H,11,13H2,1H3,(H,21,22). The van der Waals surface area contributed by atoms with Crippen LogP contribution in [0.25, 0.3) is 10.9 Å². The lowest BCUT2D eigenvalue weighted by Gasteiger charge is -2.08. The second-order valence-electron chi connectivity index (χ2n) is 5.77. The van der Waals surface area contributed by atoms with Gasteiger partial charge in [-0.3, -0.25) is 4.79 Å². The lowest BCUT2D eigenvalue weighted by atomic mass is 10.0. The number of benzene rings is 2. The second kappa shape index (κ2) is 6.06. The molecule has 1 N–H and O–H groups in total. The van der Waals surface area contributed by atoms with E-state index in [-0.39, 0.29) is 5.92 Å². The molecule has 1 unspecified atom stereocenters. The Hall–Kier alpha value is -2.55. The number of aliphatic carboxylic acids is 1. The molecule has 1 atom stereocenters. The highest BCUT2D eigenvalue weighted by Crippen LogP contribution is 2.20. The van der Waals surface area contributed by atoms with E-state index >= 15 is 0 Å². The molecule has 0 fully saturated rings. The molecular weight excluding hydrogens is 274 g/mol. The Bertz CT molecular complexity index is 790. The molecule has 3 rings (SSSR count). The molecule has 0 saturated carbocycles. The van der Waals surface area contributed by atoms with Crippen molar-refractivity contribution in [2.45, 2.75) is 19.9 Å². The van der Waals surface area contributed by atoms with Crippen molar-refractivity contribution < 1.29 is 9.90 Å².